The van der Waals surface area contributed by atoms with E-state index in [-0.39, 0.29) is 24.4 Å². The molecule has 1 aliphatic heterocycles. The van der Waals surface area contributed by atoms with Gasteiger partial charge in [0.15, 0.2) is 11.5 Å². The standard InChI is InChI=1S/C22H19IN2O6/c1-3-7-25-20(26)17(24-22(25)29)10-14-9-16(23)19(18(11-14)30-2)31-12-13-5-4-6-15(8-13)21(27)28/h3-6,8-11H,1,7,12H2,2H3,(H,24,29)(H,27,28)/b17-10+. The second-order valence-electron chi connectivity index (χ2n) is 6.52. The lowest BCUT2D eigenvalue weighted by molar-refractivity contribution is -0.122. The number of hydrogen-bond acceptors (Lipinski definition) is 5. The molecule has 8 nitrogen and oxygen atoms in total. The maximum absolute atomic E-state index is 12.4. The van der Waals surface area contributed by atoms with Crippen LogP contribution >= 0.6 is 22.6 Å². The van der Waals surface area contributed by atoms with Crippen LogP contribution in [-0.2, 0) is 11.4 Å². The number of carboxylic acid groups (broad SMARTS) is 1. The summed E-state index contributed by atoms with van der Waals surface area (Å²) in [5.74, 6) is -0.516. The number of nitrogens with one attached hydrogen (secondary N) is 1. The van der Waals surface area contributed by atoms with Crippen LogP contribution in [0.3, 0.4) is 0 Å². The van der Waals surface area contributed by atoms with Crippen LogP contribution < -0.4 is 14.8 Å². The van der Waals surface area contributed by atoms with E-state index in [4.69, 9.17) is 14.6 Å². The average molecular weight is 534 g/mol. The van der Waals surface area contributed by atoms with E-state index in [0.29, 0.717) is 22.6 Å². The van der Waals surface area contributed by atoms with Crippen molar-refractivity contribution in [2.24, 2.45) is 0 Å². The maximum atomic E-state index is 12.4. The van der Waals surface area contributed by atoms with Crippen LogP contribution in [0.25, 0.3) is 6.08 Å². The van der Waals surface area contributed by atoms with Crippen molar-refractivity contribution in [1.29, 1.82) is 0 Å². The Balaban J connectivity index is 1.83. The predicted molar refractivity (Wildman–Crippen MR) is 122 cm³/mol. The Morgan fingerprint density at radius 2 is 2.06 bits per heavy atom. The molecule has 9 heteroatoms. The van der Waals surface area contributed by atoms with Gasteiger partial charge in [0, 0.05) is 6.54 Å². The third-order valence-electron chi connectivity index (χ3n) is 4.39. The van der Waals surface area contributed by atoms with Gasteiger partial charge in [-0.2, -0.15) is 0 Å². The molecule has 0 aliphatic carbocycles. The fourth-order valence-corrected chi connectivity index (χ4v) is 3.73. The number of benzene rings is 2. The van der Waals surface area contributed by atoms with Gasteiger partial charge in [-0.15, -0.1) is 6.58 Å². The van der Waals surface area contributed by atoms with Gasteiger partial charge in [0.1, 0.15) is 12.3 Å². The highest BCUT2D eigenvalue weighted by Crippen LogP contribution is 2.35. The highest BCUT2D eigenvalue weighted by Gasteiger charge is 2.32. The molecular weight excluding hydrogens is 515 g/mol. The van der Waals surface area contributed by atoms with Crippen molar-refractivity contribution >= 4 is 46.6 Å². The molecule has 0 saturated carbocycles. The quantitative estimate of drug-likeness (QED) is 0.232. The van der Waals surface area contributed by atoms with Gasteiger partial charge >= 0.3 is 12.0 Å². The summed E-state index contributed by atoms with van der Waals surface area (Å²) in [4.78, 5) is 36.5. The van der Waals surface area contributed by atoms with Crippen LogP contribution in [0.4, 0.5) is 4.79 Å². The molecule has 0 radical (unpaired) electrons. The van der Waals surface area contributed by atoms with Gasteiger partial charge in [0.25, 0.3) is 5.91 Å². The van der Waals surface area contributed by atoms with E-state index in [1.54, 1.807) is 36.4 Å². The minimum atomic E-state index is -1.01. The van der Waals surface area contributed by atoms with E-state index in [0.717, 1.165) is 8.47 Å². The highest BCUT2D eigenvalue weighted by atomic mass is 127. The molecule has 0 spiro atoms. The zero-order valence-electron chi connectivity index (χ0n) is 16.6. The zero-order chi connectivity index (χ0) is 22.5. The zero-order valence-corrected chi connectivity index (χ0v) is 18.7. The SMILES string of the molecule is C=CCN1C(=O)N/C(=C/c2cc(I)c(OCc3cccc(C(=O)O)c3)c(OC)c2)C1=O. The van der Waals surface area contributed by atoms with E-state index in [1.165, 1.54) is 19.3 Å². The summed E-state index contributed by atoms with van der Waals surface area (Å²) in [5, 5.41) is 11.7. The number of amides is 3. The molecular formula is C22H19IN2O6. The number of carbonyl (C=O) groups excluding carboxylic acids is 2. The molecule has 0 bridgehead atoms. The van der Waals surface area contributed by atoms with E-state index < -0.39 is 17.9 Å². The number of methoxy groups -OCH3 is 1. The number of ether oxygens (including phenoxy) is 2. The molecule has 3 rings (SSSR count). The number of nitrogens with zero attached hydrogens (tertiary/aromatic N) is 1. The van der Waals surface area contributed by atoms with Crippen molar-refractivity contribution in [2.45, 2.75) is 6.61 Å². The van der Waals surface area contributed by atoms with Gasteiger partial charge in [-0.3, -0.25) is 9.69 Å². The lowest BCUT2D eigenvalue weighted by Gasteiger charge is -2.14. The summed E-state index contributed by atoms with van der Waals surface area (Å²) in [5.41, 5.74) is 1.68. The lowest BCUT2D eigenvalue weighted by atomic mass is 10.1. The lowest BCUT2D eigenvalue weighted by Crippen LogP contribution is -2.30. The number of carbonyl (C=O) groups is 3. The van der Waals surface area contributed by atoms with E-state index in [2.05, 4.69) is 34.5 Å². The summed E-state index contributed by atoms with van der Waals surface area (Å²) in [7, 11) is 1.49. The van der Waals surface area contributed by atoms with Crippen molar-refractivity contribution in [3.8, 4) is 11.5 Å². The van der Waals surface area contributed by atoms with Gasteiger partial charge in [-0.1, -0.05) is 18.2 Å². The van der Waals surface area contributed by atoms with Crippen LogP contribution in [-0.4, -0.2) is 41.6 Å². The molecule has 3 amide bonds. The van der Waals surface area contributed by atoms with E-state index in [9.17, 15) is 14.4 Å². The Labute approximate surface area is 192 Å². The fourth-order valence-electron chi connectivity index (χ4n) is 2.95. The maximum Gasteiger partial charge on any atom is 0.335 e. The summed E-state index contributed by atoms with van der Waals surface area (Å²) in [6.45, 7) is 3.82. The molecule has 0 atom stereocenters. The summed E-state index contributed by atoms with van der Waals surface area (Å²) >= 11 is 2.08. The Hall–Kier alpha value is -3.34. The summed E-state index contributed by atoms with van der Waals surface area (Å²) in [6, 6.07) is 9.46. The van der Waals surface area contributed by atoms with Crippen molar-refractivity contribution in [3.63, 3.8) is 0 Å². The van der Waals surface area contributed by atoms with Gasteiger partial charge in [-0.25, -0.2) is 9.59 Å². The van der Waals surface area contributed by atoms with Crippen LogP contribution in [0, 0.1) is 3.57 Å². The van der Waals surface area contributed by atoms with Gasteiger partial charge in [-0.05, 0) is 64.1 Å². The first kappa shape index (κ1) is 22.3. The van der Waals surface area contributed by atoms with E-state index >= 15 is 0 Å². The van der Waals surface area contributed by atoms with Crippen molar-refractivity contribution < 1.29 is 29.0 Å². The highest BCUT2D eigenvalue weighted by molar-refractivity contribution is 14.1. The van der Waals surface area contributed by atoms with Gasteiger partial charge in [0.2, 0.25) is 0 Å². The molecule has 1 saturated heterocycles. The van der Waals surface area contributed by atoms with Gasteiger partial charge in [0.05, 0.1) is 16.2 Å². The van der Waals surface area contributed by atoms with Crippen LogP contribution in [0.2, 0.25) is 0 Å². The Bertz CT molecular complexity index is 1100. The Kier molecular flexibility index (Phi) is 6.95. The molecule has 0 aromatic heterocycles. The molecule has 2 aromatic carbocycles. The van der Waals surface area contributed by atoms with Crippen molar-refractivity contribution in [1.82, 2.24) is 10.2 Å². The number of urea groups is 1. The minimum absolute atomic E-state index is 0.124. The summed E-state index contributed by atoms with van der Waals surface area (Å²) in [6.07, 6.45) is 3.04. The van der Waals surface area contributed by atoms with Crippen LogP contribution in [0.5, 0.6) is 11.5 Å². The first-order chi connectivity index (χ1) is 14.8. The normalized spacial score (nSPS) is 14.5. The third-order valence-corrected chi connectivity index (χ3v) is 5.20. The van der Waals surface area contributed by atoms with Crippen molar-refractivity contribution in [3.05, 3.63) is 75.0 Å². The molecule has 160 valence electrons. The Morgan fingerprint density at radius 3 is 2.74 bits per heavy atom. The largest absolute Gasteiger partial charge is 0.493 e. The Morgan fingerprint density at radius 1 is 1.29 bits per heavy atom. The number of carboxylic acids is 1. The molecule has 1 aliphatic rings. The van der Waals surface area contributed by atoms with Crippen LogP contribution in [0.15, 0.2) is 54.8 Å². The monoisotopic (exact) mass is 534 g/mol. The number of aromatic carboxylic acids is 1. The first-order valence-electron chi connectivity index (χ1n) is 9.12. The van der Waals surface area contributed by atoms with Crippen molar-refractivity contribution in [2.75, 3.05) is 13.7 Å². The molecule has 0 unspecified atom stereocenters. The second kappa shape index (κ2) is 9.65. The second-order valence-corrected chi connectivity index (χ2v) is 7.68. The van der Waals surface area contributed by atoms with E-state index in [1.807, 2.05) is 0 Å². The number of halogens is 1. The van der Waals surface area contributed by atoms with Gasteiger partial charge < -0.3 is 19.9 Å². The summed E-state index contributed by atoms with van der Waals surface area (Å²) < 4.78 is 12.1. The minimum Gasteiger partial charge on any atom is -0.493 e. The molecule has 1 heterocycles. The first-order valence-corrected chi connectivity index (χ1v) is 10.2. The number of hydrogen-bond donors (Lipinski definition) is 2. The molecule has 2 aromatic rings. The third kappa shape index (κ3) is 5.05. The predicted octanol–water partition coefficient (Wildman–Crippen LogP) is 3.66. The fraction of sp³-hybridized carbons (Fsp3) is 0.136. The van der Waals surface area contributed by atoms with Crippen LogP contribution in [0.1, 0.15) is 21.5 Å². The number of imide groups is 1. The molecule has 2 N–H and O–H groups in total. The molecule has 1 fully saturated rings. The number of rotatable bonds is 8. The topological polar surface area (TPSA) is 105 Å². The average Bonchev–Trinajstić information content (AvgIpc) is 3.00. The molecule has 31 heavy (non-hydrogen) atoms. The smallest absolute Gasteiger partial charge is 0.335 e.